The van der Waals surface area contributed by atoms with Gasteiger partial charge in [-0.3, -0.25) is 9.69 Å². The van der Waals surface area contributed by atoms with Crippen molar-refractivity contribution in [3.63, 3.8) is 0 Å². The number of aliphatic hydroxyl groups is 1. The number of nitrogens with zero attached hydrogens (tertiary/aromatic N) is 1. The van der Waals surface area contributed by atoms with Gasteiger partial charge in [0.1, 0.15) is 0 Å². The fraction of sp³-hybridized carbons (Fsp3) is 0.500. The van der Waals surface area contributed by atoms with Gasteiger partial charge < -0.3 is 16.2 Å². The number of rotatable bonds is 3. The maximum absolute atomic E-state index is 12.3. The molecule has 1 aliphatic heterocycles. The minimum Gasteiger partial charge on any atom is -0.399 e. The predicted molar refractivity (Wildman–Crippen MR) is 85.8 cm³/mol. The number of halogens is 2. The van der Waals surface area contributed by atoms with Crippen molar-refractivity contribution in [2.75, 3.05) is 24.1 Å². The van der Waals surface area contributed by atoms with Crippen molar-refractivity contribution in [3.05, 3.63) is 22.2 Å². The summed E-state index contributed by atoms with van der Waals surface area (Å²) in [6.45, 7) is 4.69. The molecule has 0 saturated carbocycles. The van der Waals surface area contributed by atoms with Gasteiger partial charge in [0.25, 0.3) is 0 Å². The lowest BCUT2D eigenvalue weighted by Crippen LogP contribution is -2.42. The fourth-order valence-electron chi connectivity index (χ4n) is 2.42. The van der Waals surface area contributed by atoms with Crippen LogP contribution in [0.1, 0.15) is 20.3 Å². The molecule has 21 heavy (non-hydrogen) atoms. The molecule has 1 aliphatic rings. The summed E-state index contributed by atoms with van der Waals surface area (Å²) < 4.78 is 0. The van der Waals surface area contributed by atoms with Crippen LogP contribution in [0.5, 0.6) is 0 Å². The van der Waals surface area contributed by atoms with Crippen molar-refractivity contribution in [3.8, 4) is 0 Å². The van der Waals surface area contributed by atoms with Crippen LogP contribution in [0.4, 0.5) is 11.4 Å². The number of β-amino-alcohol motifs (C(OH)–C–C–N with tert-alkyl or cyclic N) is 1. The van der Waals surface area contributed by atoms with Crippen molar-refractivity contribution in [1.29, 1.82) is 0 Å². The van der Waals surface area contributed by atoms with Gasteiger partial charge in [-0.1, -0.05) is 23.2 Å². The first-order valence-electron chi connectivity index (χ1n) is 6.71. The third kappa shape index (κ3) is 3.80. The number of hydrogen-bond donors (Lipinski definition) is 3. The lowest BCUT2D eigenvalue weighted by atomic mass is 10.1. The molecule has 2 atom stereocenters. The Kier molecular flexibility index (Phi) is 4.68. The van der Waals surface area contributed by atoms with E-state index >= 15 is 0 Å². The van der Waals surface area contributed by atoms with Gasteiger partial charge in [0.2, 0.25) is 5.91 Å². The average Bonchev–Trinajstić information content (AvgIpc) is 2.73. The van der Waals surface area contributed by atoms with Crippen molar-refractivity contribution in [2.45, 2.75) is 31.9 Å². The summed E-state index contributed by atoms with van der Waals surface area (Å²) in [5.41, 5.74) is 5.68. The van der Waals surface area contributed by atoms with E-state index in [0.29, 0.717) is 40.9 Å². The Labute approximate surface area is 134 Å². The number of carbonyl (C=O) groups is 1. The number of anilines is 2. The zero-order valence-corrected chi connectivity index (χ0v) is 13.5. The quantitative estimate of drug-likeness (QED) is 0.743. The highest BCUT2D eigenvalue weighted by molar-refractivity contribution is 6.40. The van der Waals surface area contributed by atoms with E-state index in [9.17, 15) is 9.90 Å². The molecule has 4 N–H and O–H groups in total. The van der Waals surface area contributed by atoms with Gasteiger partial charge in [0, 0.05) is 18.8 Å². The monoisotopic (exact) mass is 331 g/mol. The van der Waals surface area contributed by atoms with Gasteiger partial charge in [-0.2, -0.15) is 0 Å². The van der Waals surface area contributed by atoms with Crippen LogP contribution in [0, 0.1) is 0 Å². The highest BCUT2D eigenvalue weighted by Crippen LogP contribution is 2.33. The zero-order chi connectivity index (χ0) is 15.8. The summed E-state index contributed by atoms with van der Waals surface area (Å²) in [6.07, 6.45) is 0.647. The van der Waals surface area contributed by atoms with Crippen LogP contribution in [0.3, 0.4) is 0 Å². The number of likely N-dealkylation sites (tertiary alicyclic amines) is 1. The van der Waals surface area contributed by atoms with E-state index in [2.05, 4.69) is 5.32 Å². The topological polar surface area (TPSA) is 78.6 Å². The maximum atomic E-state index is 12.3. The van der Waals surface area contributed by atoms with E-state index in [4.69, 9.17) is 28.9 Å². The number of nitrogens with one attached hydrogen (secondary N) is 1. The number of benzene rings is 1. The van der Waals surface area contributed by atoms with Crippen molar-refractivity contribution < 1.29 is 9.90 Å². The van der Waals surface area contributed by atoms with E-state index in [1.54, 1.807) is 13.8 Å². The lowest BCUT2D eigenvalue weighted by molar-refractivity contribution is -0.120. The van der Waals surface area contributed by atoms with Crippen molar-refractivity contribution in [2.24, 2.45) is 0 Å². The van der Waals surface area contributed by atoms with E-state index in [0.717, 1.165) is 0 Å². The lowest BCUT2D eigenvalue weighted by Gasteiger charge is -2.25. The van der Waals surface area contributed by atoms with Crippen LogP contribution in [0.2, 0.25) is 10.0 Å². The second kappa shape index (κ2) is 6.01. The van der Waals surface area contributed by atoms with E-state index < -0.39 is 5.60 Å². The molecule has 0 aromatic heterocycles. The zero-order valence-electron chi connectivity index (χ0n) is 12.0. The molecule has 0 bridgehead atoms. The highest BCUT2D eigenvalue weighted by atomic mass is 35.5. The Bertz CT molecular complexity index is 540. The number of amides is 1. The Hall–Kier alpha value is -1.01. The summed E-state index contributed by atoms with van der Waals surface area (Å²) in [6, 6.07) is 2.69. The molecule has 2 rings (SSSR count). The Balaban J connectivity index is 2.08. The molecule has 0 spiro atoms. The molecule has 5 nitrogen and oxygen atoms in total. The number of carbonyl (C=O) groups excluding carboxylic acids is 1. The number of hydrogen-bond acceptors (Lipinski definition) is 4. The van der Waals surface area contributed by atoms with Crippen LogP contribution in [0.25, 0.3) is 0 Å². The molecule has 1 saturated heterocycles. The summed E-state index contributed by atoms with van der Waals surface area (Å²) >= 11 is 12.1. The molecule has 1 aromatic rings. The van der Waals surface area contributed by atoms with Gasteiger partial charge in [0.05, 0.1) is 27.4 Å². The molecule has 116 valence electrons. The van der Waals surface area contributed by atoms with E-state index in [-0.39, 0.29) is 11.9 Å². The molecule has 0 aliphatic carbocycles. The van der Waals surface area contributed by atoms with Crippen molar-refractivity contribution in [1.82, 2.24) is 4.90 Å². The van der Waals surface area contributed by atoms with Gasteiger partial charge in [-0.05, 0) is 32.4 Å². The molecule has 7 heteroatoms. The smallest absolute Gasteiger partial charge is 0.241 e. The first-order chi connectivity index (χ1) is 9.69. The predicted octanol–water partition coefficient (Wildman–Crippen LogP) is 2.36. The van der Waals surface area contributed by atoms with Crippen LogP contribution < -0.4 is 11.1 Å². The second-order valence-electron chi connectivity index (χ2n) is 5.74. The summed E-state index contributed by atoms with van der Waals surface area (Å²) in [5.74, 6) is -0.221. The van der Waals surface area contributed by atoms with Gasteiger partial charge in [0.15, 0.2) is 0 Å². The average molecular weight is 332 g/mol. The summed E-state index contributed by atoms with van der Waals surface area (Å²) in [4.78, 5) is 14.2. The van der Waals surface area contributed by atoms with E-state index in [1.807, 2.05) is 4.90 Å². The van der Waals surface area contributed by atoms with Crippen molar-refractivity contribution >= 4 is 40.5 Å². The SMILES string of the molecule is CC(C(=O)Nc1c(Cl)cc(N)cc1Cl)N1CCC(C)(O)C1. The summed E-state index contributed by atoms with van der Waals surface area (Å²) in [5, 5.41) is 13.3. The minimum absolute atomic E-state index is 0.221. The minimum atomic E-state index is -0.745. The third-order valence-corrected chi connectivity index (χ3v) is 4.32. The first-order valence-corrected chi connectivity index (χ1v) is 7.47. The van der Waals surface area contributed by atoms with Crippen LogP contribution in [0.15, 0.2) is 12.1 Å². The Morgan fingerprint density at radius 1 is 1.48 bits per heavy atom. The third-order valence-electron chi connectivity index (χ3n) is 3.72. The Morgan fingerprint density at radius 3 is 2.52 bits per heavy atom. The fourth-order valence-corrected chi connectivity index (χ4v) is 3.01. The van der Waals surface area contributed by atoms with E-state index in [1.165, 1.54) is 12.1 Å². The number of nitrogen functional groups attached to an aromatic ring is 1. The van der Waals surface area contributed by atoms with Crippen LogP contribution >= 0.6 is 23.2 Å². The molecule has 1 heterocycles. The highest BCUT2D eigenvalue weighted by Gasteiger charge is 2.36. The van der Waals surface area contributed by atoms with Gasteiger partial charge in [-0.25, -0.2) is 0 Å². The molecular weight excluding hydrogens is 313 g/mol. The second-order valence-corrected chi connectivity index (χ2v) is 6.56. The van der Waals surface area contributed by atoms with Gasteiger partial charge in [-0.15, -0.1) is 0 Å². The summed E-state index contributed by atoms with van der Waals surface area (Å²) in [7, 11) is 0. The van der Waals surface area contributed by atoms with Crippen LogP contribution in [-0.2, 0) is 4.79 Å². The molecule has 0 radical (unpaired) electrons. The molecule has 2 unspecified atom stereocenters. The van der Waals surface area contributed by atoms with Crippen LogP contribution in [-0.4, -0.2) is 40.6 Å². The Morgan fingerprint density at radius 2 is 2.05 bits per heavy atom. The molecule has 1 fully saturated rings. The molecule has 1 aromatic carbocycles. The molecular formula is C14H19Cl2N3O2. The largest absolute Gasteiger partial charge is 0.399 e. The number of nitrogens with two attached hydrogens (primary N) is 1. The maximum Gasteiger partial charge on any atom is 0.241 e. The standard InChI is InChI=1S/C14H19Cl2N3O2/c1-8(19-4-3-14(2,21)7-19)13(20)18-12-10(15)5-9(17)6-11(12)16/h5-6,8,21H,3-4,7,17H2,1-2H3,(H,18,20). The first kappa shape index (κ1) is 16.4. The van der Waals surface area contributed by atoms with Gasteiger partial charge >= 0.3 is 0 Å². The molecule has 1 amide bonds. The normalized spacial score (nSPS) is 24.0.